The molecular weight excluding hydrogens is 190 g/mol. The highest BCUT2D eigenvalue weighted by Crippen LogP contribution is 2.08. The summed E-state index contributed by atoms with van der Waals surface area (Å²) in [5, 5.41) is 2.78. The molecule has 1 heterocycles. The second-order valence-electron chi connectivity index (χ2n) is 3.41. The van der Waals surface area contributed by atoms with Crippen molar-refractivity contribution in [3.63, 3.8) is 0 Å². The molecule has 0 amide bonds. The van der Waals surface area contributed by atoms with Crippen LogP contribution in [0.1, 0.15) is 12.5 Å². The number of aromatic amines is 1. The Morgan fingerprint density at radius 3 is 2.47 bits per heavy atom. The van der Waals surface area contributed by atoms with Gasteiger partial charge in [0.2, 0.25) is 0 Å². The molecule has 2 rings (SSSR count). The number of hydrogen-bond acceptors (Lipinski definition) is 2. The van der Waals surface area contributed by atoms with Gasteiger partial charge in [0.05, 0.1) is 5.69 Å². The fraction of sp³-hybridized carbons (Fsp3) is 0.182. The third-order valence-corrected chi connectivity index (χ3v) is 2.34. The molecule has 0 atom stereocenters. The Kier molecular flexibility index (Phi) is 2.33. The summed E-state index contributed by atoms with van der Waals surface area (Å²) in [4.78, 5) is 11.4. The number of benzene rings is 1. The summed E-state index contributed by atoms with van der Waals surface area (Å²) < 4.78 is 1.43. The number of aryl methyl sites for hydroxylation is 1. The zero-order valence-corrected chi connectivity index (χ0v) is 8.53. The molecule has 4 heteroatoms. The Hall–Kier alpha value is -1.97. The van der Waals surface area contributed by atoms with E-state index < -0.39 is 0 Å². The molecule has 1 aromatic heterocycles. The van der Waals surface area contributed by atoms with Crippen LogP contribution >= 0.6 is 0 Å². The molecule has 0 radical (unpaired) electrons. The minimum Gasteiger partial charge on any atom is -0.384 e. The van der Waals surface area contributed by atoms with Crippen LogP contribution in [0.25, 0.3) is 5.69 Å². The molecule has 0 aliphatic rings. The van der Waals surface area contributed by atoms with Gasteiger partial charge in [-0.15, -0.1) is 0 Å². The van der Waals surface area contributed by atoms with Gasteiger partial charge in [-0.05, 0) is 24.1 Å². The molecule has 2 aromatic rings. The lowest BCUT2D eigenvalue weighted by Crippen LogP contribution is -2.13. The van der Waals surface area contributed by atoms with Crippen LogP contribution in [-0.4, -0.2) is 9.78 Å². The van der Waals surface area contributed by atoms with Gasteiger partial charge in [0.1, 0.15) is 5.82 Å². The molecule has 3 N–H and O–H groups in total. The molecule has 0 spiro atoms. The van der Waals surface area contributed by atoms with Crippen LogP contribution < -0.4 is 11.3 Å². The minimum atomic E-state index is -0.142. The molecule has 0 fully saturated rings. The minimum absolute atomic E-state index is 0.142. The quantitative estimate of drug-likeness (QED) is 0.773. The molecule has 0 aliphatic carbocycles. The van der Waals surface area contributed by atoms with Crippen LogP contribution in [0, 0.1) is 0 Å². The maximum Gasteiger partial charge on any atom is 0.273 e. The maximum atomic E-state index is 11.4. The van der Waals surface area contributed by atoms with E-state index in [1.54, 1.807) is 0 Å². The largest absolute Gasteiger partial charge is 0.384 e. The number of anilines is 1. The molecule has 0 saturated heterocycles. The van der Waals surface area contributed by atoms with Crippen molar-refractivity contribution in [1.29, 1.82) is 0 Å². The summed E-state index contributed by atoms with van der Waals surface area (Å²) in [6, 6.07) is 9.16. The van der Waals surface area contributed by atoms with Gasteiger partial charge < -0.3 is 5.73 Å². The van der Waals surface area contributed by atoms with Crippen molar-refractivity contribution in [1.82, 2.24) is 9.78 Å². The first kappa shape index (κ1) is 9.58. The van der Waals surface area contributed by atoms with Crippen molar-refractivity contribution in [3.05, 3.63) is 46.2 Å². The average molecular weight is 203 g/mol. The lowest BCUT2D eigenvalue weighted by molar-refractivity contribution is 0.853. The number of nitrogen functional groups attached to an aromatic ring is 1. The van der Waals surface area contributed by atoms with Crippen LogP contribution in [-0.2, 0) is 6.42 Å². The van der Waals surface area contributed by atoms with Crippen LogP contribution in [0.3, 0.4) is 0 Å². The van der Waals surface area contributed by atoms with Crippen molar-refractivity contribution in [2.75, 3.05) is 5.73 Å². The highest BCUT2D eigenvalue weighted by molar-refractivity contribution is 5.36. The highest BCUT2D eigenvalue weighted by atomic mass is 16.1. The first-order chi connectivity index (χ1) is 7.20. The van der Waals surface area contributed by atoms with E-state index in [-0.39, 0.29) is 5.56 Å². The lowest BCUT2D eigenvalue weighted by Gasteiger charge is -2.02. The third-order valence-electron chi connectivity index (χ3n) is 2.34. The van der Waals surface area contributed by atoms with E-state index in [9.17, 15) is 4.79 Å². The van der Waals surface area contributed by atoms with E-state index in [2.05, 4.69) is 12.0 Å². The van der Waals surface area contributed by atoms with E-state index in [0.29, 0.717) is 5.82 Å². The second kappa shape index (κ2) is 3.65. The Labute approximate surface area is 87.3 Å². The summed E-state index contributed by atoms with van der Waals surface area (Å²) in [6.45, 7) is 2.09. The summed E-state index contributed by atoms with van der Waals surface area (Å²) in [5.41, 5.74) is 7.40. The summed E-state index contributed by atoms with van der Waals surface area (Å²) >= 11 is 0. The lowest BCUT2D eigenvalue weighted by atomic mass is 10.1. The van der Waals surface area contributed by atoms with Gasteiger partial charge in [0.15, 0.2) is 0 Å². The number of H-pyrrole nitrogens is 1. The van der Waals surface area contributed by atoms with Gasteiger partial charge in [-0.1, -0.05) is 19.1 Å². The first-order valence-corrected chi connectivity index (χ1v) is 4.87. The standard InChI is InChI=1S/C11H13N3O/c1-2-8-3-5-9(6-4-8)14-11(15)7-10(12)13-14/h3-7,13H,2,12H2,1H3. The molecule has 15 heavy (non-hydrogen) atoms. The summed E-state index contributed by atoms with van der Waals surface area (Å²) in [6.07, 6.45) is 0.988. The predicted octanol–water partition coefficient (Wildman–Crippen LogP) is 1.31. The normalized spacial score (nSPS) is 10.5. The van der Waals surface area contributed by atoms with Crippen molar-refractivity contribution in [3.8, 4) is 5.69 Å². The highest BCUT2D eigenvalue weighted by Gasteiger charge is 2.02. The van der Waals surface area contributed by atoms with Crippen LogP contribution in [0.15, 0.2) is 35.1 Å². The number of aromatic nitrogens is 2. The molecule has 1 aromatic carbocycles. The van der Waals surface area contributed by atoms with Crippen LogP contribution in [0.2, 0.25) is 0 Å². The van der Waals surface area contributed by atoms with E-state index in [4.69, 9.17) is 5.73 Å². The average Bonchev–Trinajstić information content (AvgIpc) is 2.58. The molecule has 0 aliphatic heterocycles. The van der Waals surface area contributed by atoms with Crippen molar-refractivity contribution in [2.45, 2.75) is 13.3 Å². The van der Waals surface area contributed by atoms with Gasteiger partial charge in [-0.3, -0.25) is 9.89 Å². The Morgan fingerprint density at radius 2 is 2.00 bits per heavy atom. The van der Waals surface area contributed by atoms with Crippen molar-refractivity contribution >= 4 is 5.82 Å². The predicted molar refractivity (Wildman–Crippen MR) is 60.2 cm³/mol. The van der Waals surface area contributed by atoms with Gasteiger partial charge in [0.25, 0.3) is 5.56 Å². The molecule has 0 bridgehead atoms. The number of hydrogen-bond donors (Lipinski definition) is 2. The zero-order valence-electron chi connectivity index (χ0n) is 8.53. The fourth-order valence-corrected chi connectivity index (χ4v) is 1.49. The smallest absolute Gasteiger partial charge is 0.273 e. The van der Waals surface area contributed by atoms with Gasteiger partial charge >= 0.3 is 0 Å². The van der Waals surface area contributed by atoms with E-state index in [1.165, 1.54) is 16.3 Å². The van der Waals surface area contributed by atoms with Gasteiger partial charge in [-0.2, -0.15) is 0 Å². The van der Waals surface area contributed by atoms with E-state index in [0.717, 1.165) is 12.1 Å². The Bertz CT molecular complexity index is 507. The number of nitrogens with two attached hydrogens (primary N) is 1. The third kappa shape index (κ3) is 1.79. The van der Waals surface area contributed by atoms with Crippen molar-refractivity contribution in [2.24, 2.45) is 0 Å². The van der Waals surface area contributed by atoms with E-state index >= 15 is 0 Å². The zero-order chi connectivity index (χ0) is 10.8. The second-order valence-corrected chi connectivity index (χ2v) is 3.41. The Balaban J connectivity index is 2.45. The monoisotopic (exact) mass is 203 g/mol. The summed E-state index contributed by atoms with van der Waals surface area (Å²) in [5.74, 6) is 0.375. The van der Waals surface area contributed by atoms with Crippen LogP contribution in [0.4, 0.5) is 5.82 Å². The topological polar surface area (TPSA) is 63.8 Å². The SMILES string of the molecule is CCc1ccc(-n2[nH]c(N)cc2=O)cc1. The molecule has 78 valence electrons. The fourth-order valence-electron chi connectivity index (χ4n) is 1.49. The van der Waals surface area contributed by atoms with Crippen molar-refractivity contribution < 1.29 is 0 Å². The molecule has 0 saturated carbocycles. The van der Waals surface area contributed by atoms with Gasteiger partial charge in [0, 0.05) is 6.07 Å². The Morgan fingerprint density at radius 1 is 1.33 bits per heavy atom. The molecule has 4 nitrogen and oxygen atoms in total. The molecule has 0 unspecified atom stereocenters. The first-order valence-electron chi connectivity index (χ1n) is 4.87. The van der Waals surface area contributed by atoms with Crippen LogP contribution in [0.5, 0.6) is 0 Å². The van der Waals surface area contributed by atoms with E-state index in [1.807, 2.05) is 24.3 Å². The summed E-state index contributed by atoms with van der Waals surface area (Å²) in [7, 11) is 0. The maximum absolute atomic E-state index is 11.4. The molecular formula is C11H13N3O. The number of nitrogens with one attached hydrogen (secondary N) is 1. The van der Waals surface area contributed by atoms with Gasteiger partial charge in [-0.25, -0.2) is 4.68 Å². The number of rotatable bonds is 2. The number of nitrogens with zero attached hydrogens (tertiary/aromatic N) is 1.